The highest BCUT2D eigenvalue weighted by atomic mass is 79.9. The van der Waals surface area contributed by atoms with E-state index >= 15 is 0 Å². The molecule has 0 bridgehead atoms. The highest BCUT2D eigenvalue weighted by Crippen LogP contribution is 2.36. The minimum absolute atomic E-state index is 0.209. The van der Waals surface area contributed by atoms with Gasteiger partial charge in [0.05, 0.1) is 13.7 Å². The molecule has 0 aliphatic carbocycles. The summed E-state index contributed by atoms with van der Waals surface area (Å²) in [6.45, 7) is 4.21. The number of benzene rings is 1. The second-order valence-corrected chi connectivity index (χ2v) is 5.58. The zero-order chi connectivity index (χ0) is 16.8. The number of hydrogen-bond acceptors (Lipinski definition) is 3. The van der Waals surface area contributed by atoms with E-state index in [1.807, 2.05) is 13.8 Å². The molecule has 22 heavy (non-hydrogen) atoms. The summed E-state index contributed by atoms with van der Waals surface area (Å²) in [5.41, 5.74) is 0.792. The lowest BCUT2D eigenvalue weighted by Crippen LogP contribution is -2.15. The maximum absolute atomic E-state index is 13.6. The molecule has 0 saturated carbocycles. The Labute approximate surface area is 145 Å². The number of alkyl halides is 4. The molecule has 2 aromatic rings. The first-order valence-corrected chi connectivity index (χ1v) is 8.55. The molecule has 2 rings (SSSR count). The number of rotatable bonds is 5. The van der Waals surface area contributed by atoms with Crippen molar-refractivity contribution in [2.75, 3.05) is 7.11 Å². The van der Waals surface area contributed by atoms with Crippen LogP contribution in [0.15, 0.2) is 24.3 Å². The van der Waals surface area contributed by atoms with Crippen LogP contribution < -0.4 is 4.74 Å². The second-order valence-electron chi connectivity index (χ2n) is 4.02. The molecule has 0 N–H and O–H groups in total. The Hall–Kier alpha value is -1.02. The van der Waals surface area contributed by atoms with Gasteiger partial charge in [0.2, 0.25) is 0 Å². The molecule has 1 aromatic carbocycles. The van der Waals surface area contributed by atoms with E-state index in [9.17, 15) is 8.78 Å². The smallest absolute Gasteiger partial charge is 0.344 e. The van der Waals surface area contributed by atoms with Crippen molar-refractivity contribution in [1.82, 2.24) is 15.0 Å². The van der Waals surface area contributed by atoms with Crippen LogP contribution in [0.25, 0.3) is 0 Å². The van der Waals surface area contributed by atoms with Crippen LogP contribution in [0.5, 0.6) is 5.75 Å². The lowest BCUT2D eigenvalue weighted by atomic mass is 10.2. The molecule has 1 aromatic heterocycles. The molecule has 0 amide bonds. The summed E-state index contributed by atoms with van der Waals surface area (Å²) >= 11 is 5.50. The largest absolute Gasteiger partial charge is 0.497 e. The molecule has 0 radical (unpaired) electrons. The third kappa shape index (κ3) is 4.74. The van der Waals surface area contributed by atoms with Crippen LogP contribution >= 0.6 is 31.9 Å². The van der Waals surface area contributed by atoms with Gasteiger partial charge in [0, 0.05) is 5.33 Å². The molecule has 0 fully saturated rings. The highest BCUT2D eigenvalue weighted by Gasteiger charge is 2.35. The van der Waals surface area contributed by atoms with Gasteiger partial charge in [-0.25, -0.2) is 4.68 Å². The summed E-state index contributed by atoms with van der Waals surface area (Å²) in [6, 6.07) is 7.13. The van der Waals surface area contributed by atoms with Crippen LogP contribution in [0, 0.1) is 0 Å². The van der Waals surface area contributed by atoms with Gasteiger partial charge in [-0.05, 0) is 33.6 Å². The minimum atomic E-state index is -3.17. The SMILES string of the molecule is CC.COc1ccc(Cn2nnc(CBr)c2C(F)(F)Br)cc1. The monoisotopic (exact) mass is 439 g/mol. The summed E-state index contributed by atoms with van der Waals surface area (Å²) in [7, 11) is 1.57. The van der Waals surface area contributed by atoms with E-state index in [0.717, 1.165) is 5.56 Å². The zero-order valence-electron chi connectivity index (χ0n) is 12.5. The van der Waals surface area contributed by atoms with Crippen molar-refractivity contribution in [1.29, 1.82) is 0 Å². The van der Waals surface area contributed by atoms with Crippen molar-refractivity contribution in [3.8, 4) is 5.75 Å². The van der Waals surface area contributed by atoms with Crippen molar-refractivity contribution in [3.05, 3.63) is 41.2 Å². The van der Waals surface area contributed by atoms with Crippen molar-refractivity contribution < 1.29 is 13.5 Å². The number of halogens is 4. The quantitative estimate of drug-likeness (QED) is 0.632. The third-order valence-electron chi connectivity index (χ3n) is 2.69. The zero-order valence-corrected chi connectivity index (χ0v) is 15.7. The van der Waals surface area contributed by atoms with E-state index in [4.69, 9.17) is 4.74 Å². The Morgan fingerprint density at radius 1 is 1.23 bits per heavy atom. The van der Waals surface area contributed by atoms with Gasteiger partial charge in [0.1, 0.15) is 17.1 Å². The molecule has 4 nitrogen and oxygen atoms in total. The summed E-state index contributed by atoms with van der Waals surface area (Å²) in [5.74, 6) is 0.708. The van der Waals surface area contributed by atoms with Gasteiger partial charge in [0.15, 0.2) is 0 Å². The molecule has 0 unspecified atom stereocenters. The first-order chi connectivity index (χ1) is 10.5. The van der Waals surface area contributed by atoms with Crippen LogP contribution in [0.3, 0.4) is 0 Å². The van der Waals surface area contributed by atoms with Crippen molar-refractivity contribution >= 4 is 31.9 Å². The molecule has 0 saturated heterocycles. The van der Waals surface area contributed by atoms with E-state index in [-0.39, 0.29) is 23.3 Å². The second kappa shape index (κ2) is 8.57. The van der Waals surface area contributed by atoms with E-state index in [1.165, 1.54) is 4.68 Å². The predicted molar refractivity (Wildman–Crippen MR) is 88.9 cm³/mol. The van der Waals surface area contributed by atoms with E-state index in [2.05, 4.69) is 42.2 Å². The summed E-state index contributed by atoms with van der Waals surface area (Å²) in [6.07, 6.45) is 0. The molecule has 8 heteroatoms. The van der Waals surface area contributed by atoms with Crippen LogP contribution in [0.2, 0.25) is 0 Å². The van der Waals surface area contributed by atoms with Gasteiger partial charge in [-0.2, -0.15) is 8.78 Å². The topological polar surface area (TPSA) is 39.9 Å². The molecular formula is C14H17Br2F2N3O. The van der Waals surface area contributed by atoms with Gasteiger partial charge in [-0.1, -0.05) is 47.1 Å². The first-order valence-electron chi connectivity index (χ1n) is 6.64. The van der Waals surface area contributed by atoms with Gasteiger partial charge >= 0.3 is 4.83 Å². The van der Waals surface area contributed by atoms with Crippen molar-refractivity contribution in [3.63, 3.8) is 0 Å². The van der Waals surface area contributed by atoms with Gasteiger partial charge < -0.3 is 4.74 Å². The normalized spacial score (nSPS) is 10.9. The summed E-state index contributed by atoms with van der Waals surface area (Å²) in [5, 5.41) is 7.76. The van der Waals surface area contributed by atoms with Crippen LogP contribution in [-0.2, 0) is 16.7 Å². The molecule has 1 heterocycles. The summed E-state index contributed by atoms with van der Waals surface area (Å²) < 4.78 is 33.4. The van der Waals surface area contributed by atoms with Crippen LogP contribution in [0.1, 0.15) is 30.8 Å². The van der Waals surface area contributed by atoms with Gasteiger partial charge in [0.25, 0.3) is 0 Å². The van der Waals surface area contributed by atoms with Crippen molar-refractivity contribution in [2.24, 2.45) is 0 Å². The average Bonchev–Trinajstić information content (AvgIpc) is 2.93. The standard InChI is InChI=1S/C12H11Br2F2N3O.C2H6/c1-20-9-4-2-8(3-5-9)7-19-11(12(14,15)16)10(6-13)17-18-19;1-2/h2-5H,6-7H2,1H3;1-2H3. The summed E-state index contributed by atoms with van der Waals surface area (Å²) in [4.78, 5) is -3.17. The van der Waals surface area contributed by atoms with Gasteiger partial charge in [-0.15, -0.1) is 5.10 Å². The van der Waals surface area contributed by atoms with Crippen LogP contribution in [-0.4, -0.2) is 22.1 Å². The van der Waals surface area contributed by atoms with Crippen molar-refractivity contribution in [2.45, 2.75) is 30.6 Å². The fraction of sp³-hybridized carbons (Fsp3) is 0.429. The molecule has 0 aliphatic heterocycles. The Bertz CT molecular complexity index is 583. The Morgan fingerprint density at radius 3 is 2.27 bits per heavy atom. The number of hydrogen-bond donors (Lipinski definition) is 0. The van der Waals surface area contributed by atoms with E-state index in [0.29, 0.717) is 5.75 Å². The Balaban J connectivity index is 0.00000116. The Kier molecular flexibility index (Phi) is 7.41. The number of nitrogens with zero attached hydrogens (tertiary/aromatic N) is 3. The fourth-order valence-electron chi connectivity index (χ4n) is 1.76. The lowest BCUT2D eigenvalue weighted by Gasteiger charge is -2.12. The maximum atomic E-state index is 13.6. The van der Waals surface area contributed by atoms with E-state index < -0.39 is 4.83 Å². The van der Waals surface area contributed by atoms with Crippen LogP contribution in [0.4, 0.5) is 8.78 Å². The van der Waals surface area contributed by atoms with E-state index in [1.54, 1.807) is 31.4 Å². The fourth-order valence-corrected chi connectivity index (χ4v) is 2.57. The third-order valence-corrected chi connectivity index (χ3v) is 3.60. The molecule has 0 atom stereocenters. The van der Waals surface area contributed by atoms with Gasteiger partial charge in [-0.3, -0.25) is 0 Å². The average molecular weight is 441 g/mol. The first kappa shape index (κ1) is 19.0. The maximum Gasteiger partial charge on any atom is 0.344 e. The molecule has 122 valence electrons. The highest BCUT2D eigenvalue weighted by molar-refractivity contribution is 9.09. The predicted octanol–water partition coefficient (Wildman–Crippen LogP) is 4.70. The number of aromatic nitrogens is 3. The molecule has 0 aliphatic rings. The number of ether oxygens (including phenoxy) is 1. The molecule has 0 spiro atoms. The minimum Gasteiger partial charge on any atom is -0.497 e. The molecular weight excluding hydrogens is 424 g/mol. The number of methoxy groups -OCH3 is 1. The Morgan fingerprint density at radius 2 is 1.82 bits per heavy atom. The lowest BCUT2D eigenvalue weighted by molar-refractivity contribution is 0.102.